The van der Waals surface area contributed by atoms with E-state index in [1.165, 1.54) is 0 Å². The first-order valence-electron chi connectivity index (χ1n) is 26.0. The Morgan fingerprint density at radius 3 is 1.22 bits per heavy atom. The number of rotatable bonds is 45. The van der Waals surface area contributed by atoms with Crippen molar-refractivity contribution in [3.05, 3.63) is 146 Å². The standard InChI is InChI=1S/C60H93NO8/c1-6-8-10-12-14-16-18-20-21-22-23-24-25-26-27-28-29-30-31-32-33-34-35-36-37-39-41-43-45-47-49-51-58(63)69-56(55-68-60(59(64)65)66-53-52-61(3,4)5)54-67-57(62)50-48-46-44-42-40-38-19-17-15-13-11-9-7-2/h8-11,14-17,20-21,23-24,26-27,29-30,32-33,35-36,38,40,44,46,56,60H,6-7,12-13,18-19,22,25,28,31,34,37,39,41-43,45,47-55H2,1-5H3/p+1/b10-8-,11-9-,16-14-,17-15-,21-20-,24-23-,27-26-,30-29-,33-32-,36-35-,40-38-,46-44-. The van der Waals surface area contributed by atoms with Crippen molar-refractivity contribution in [1.29, 1.82) is 0 Å². The van der Waals surface area contributed by atoms with Crippen molar-refractivity contribution in [2.24, 2.45) is 0 Å². The molecule has 2 atom stereocenters. The molecule has 2 unspecified atom stereocenters. The van der Waals surface area contributed by atoms with E-state index in [0.717, 1.165) is 116 Å². The summed E-state index contributed by atoms with van der Waals surface area (Å²) in [6.07, 6.45) is 69.4. The zero-order chi connectivity index (χ0) is 50.6. The molecular formula is C60H94NO8+. The number of allylic oxidation sites excluding steroid dienone is 24. The molecule has 0 heterocycles. The summed E-state index contributed by atoms with van der Waals surface area (Å²) in [6, 6.07) is 0. The van der Waals surface area contributed by atoms with Crippen molar-refractivity contribution in [3.8, 4) is 0 Å². The largest absolute Gasteiger partial charge is 0.477 e. The summed E-state index contributed by atoms with van der Waals surface area (Å²) in [6.45, 7) is 4.50. The Kier molecular flexibility index (Phi) is 46.1. The Bertz CT molecular complexity index is 1630. The third-order valence-corrected chi connectivity index (χ3v) is 10.1. The van der Waals surface area contributed by atoms with Crippen molar-refractivity contribution >= 4 is 17.9 Å². The van der Waals surface area contributed by atoms with Crippen LogP contribution in [-0.2, 0) is 33.3 Å². The predicted molar refractivity (Wildman–Crippen MR) is 290 cm³/mol. The average Bonchev–Trinajstić information content (AvgIpc) is 3.31. The third kappa shape index (κ3) is 50.9. The Hall–Kier alpha value is -4.83. The summed E-state index contributed by atoms with van der Waals surface area (Å²) in [4.78, 5) is 37.2. The van der Waals surface area contributed by atoms with Gasteiger partial charge in [0.1, 0.15) is 13.2 Å². The van der Waals surface area contributed by atoms with Crippen LogP contribution in [0.5, 0.6) is 0 Å². The van der Waals surface area contributed by atoms with Gasteiger partial charge in [0.2, 0.25) is 0 Å². The smallest absolute Gasteiger partial charge is 0.361 e. The number of likely N-dealkylation sites (N-methyl/N-ethyl adjacent to an activating group) is 1. The lowest BCUT2D eigenvalue weighted by Crippen LogP contribution is -2.40. The maximum absolute atomic E-state index is 12.8. The van der Waals surface area contributed by atoms with E-state index in [-0.39, 0.29) is 32.7 Å². The van der Waals surface area contributed by atoms with Gasteiger partial charge in [-0.15, -0.1) is 0 Å². The maximum Gasteiger partial charge on any atom is 0.361 e. The van der Waals surface area contributed by atoms with Gasteiger partial charge in [0.15, 0.2) is 6.10 Å². The molecule has 0 rings (SSSR count). The van der Waals surface area contributed by atoms with Crippen LogP contribution >= 0.6 is 0 Å². The highest BCUT2D eigenvalue weighted by Crippen LogP contribution is 2.12. The molecule has 0 spiro atoms. The Morgan fingerprint density at radius 2 is 0.812 bits per heavy atom. The van der Waals surface area contributed by atoms with Crippen LogP contribution in [0.15, 0.2) is 146 Å². The molecule has 0 aromatic rings. The van der Waals surface area contributed by atoms with E-state index in [9.17, 15) is 19.5 Å². The van der Waals surface area contributed by atoms with Gasteiger partial charge in [-0.1, -0.05) is 185 Å². The minimum absolute atomic E-state index is 0.165. The summed E-state index contributed by atoms with van der Waals surface area (Å²) in [5.74, 6) is -2.16. The monoisotopic (exact) mass is 957 g/mol. The van der Waals surface area contributed by atoms with Crippen LogP contribution in [-0.4, -0.2) is 87.4 Å². The molecule has 0 saturated carbocycles. The minimum Gasteiger partial charge on any atom is -0.477 e. The number of carboxylic acids is 1. The molecule has 0 radical (unpaired) electrons. The molecule has 0 fully saturated rings. The number of quaternary nitrogens is 1. The zero-order valence-electron chi connectivity index (χ0n) is 43.6. The number of nitrogens with zero attached hydrogens (tertiary/aromatic N) is 1. The molecule has 0 aliphatic carbocycles. The van der Waals surface area contributed by atoms with Crippen molar-refractivity contribution < 1.29 is 42.9 Å². The first-order valence-corrected chi connectivity index (χ1v) is 26.0. The highest BCUT2D eigenvalue weighted by Gasteiger charge is 2.25. The Balaban J connectivity index is 4.38. The molecule has 0 aromatic heterocycles. The predicted octanol–water partition coefficient (Wildman–Crippen LogP) is 14.9. The van der Waals surface area contributed by atoms with Gasteiger partial charge in [-0.05, 0) is 103 Å². The number of carbonyl (C=O) groups excluding carboxylic acids is 2. The molecule has 0 bridgehead atoms. The van der Waals surface area contributed by atoms with Gasteiger partial charge in [0, 0.05) is 12.8 Å². The van der Waals surface area contributed by atoms with Gasteiger partial charge < -0.3 is 28.5 Å². The first-order chi connectivity index (χ1) is 33.6. The van der Waals surface area contributed by atoms with E-state index in [4.69, 9.17) is 18.9 Å². The van der Waals surface area contributed by atoms with Gasteiger partial charge in [-0.25, -0.2) is 4.79 Å². The summed E-state index contributed by atoms with van der Waals surface area (Å²) < 4.78 is 22.7. The number of ether oxygens (including phenoxy) is 4. The van der Waals surface area contributed by atoms with E-state index < -0.39 is 30.3 Å². The van der Waals surface area contributed by atoms with Crippen LogP contribution in [0.25, 0.3) is 0 Å². The van der Waals surface area contributed by atoms with Gasteiger partial charge in [-0.2, -0.15) is 0 Å². The van der Waals surface area contributed by atoms with Crippen LogP contribution in [0.2, 0.25) is 0 Å². The molecule has 0 saturated heterocycles. The van der Waals surface area contributed by atoms with E-state index >= 15 is 0 Å². The molecule has 1 N–H and O–H groups in total. The van der Waals surface area contributed by atoms with Gasteiger partial charge in [-0.3, -0.25) is 9.59 Å². The number of aliphatic carboxylic acids is 1. The Labute approximate surface area is 420 Å². The second-order valence-corrected chi connectivity index (χ2v) is 17.7. The van der Waals surface area contributed by atoms with Crippen LogP contribution in [0, 0.1) is 0 Å². The second-order valence-electron chi connectivity index (χ2n) is 17.7. The Morgan fingerprint density at radius 1 is 0.435 bits per heavy atom. The fraction of sp³-hybridized carbons (Fsp3) is 0.550. The van der Waals surface area contributed by atoms with Crippen LogP contribution in [0.1, 0.15) is 155 Å². The first kappa shape index (κ1) is 64.2. The minimum atomic E-state index is -1.54. The fourth-order valence-electron chi connectivity index (χ4n) is 6.16. The molecule has 0 aliphatic rings. The van der Waals surface area contributed by atoms with Gasteiger partial charge >= 0.3 is 17.9 Å². The normalized spacial score (nSPS) is 14.0. The summed E-state index contributed by atoms with van der Waals surface area (Å²) in [7, 11) is 5.92. The molecule has 0 aromatic carbocycles. The van der Waals surface area contributed by atoms with Gasteiger partial charge in [0.05, 0.1) is 34.4 Å². The highest BCUT2D eigenvalue weighted by molar-refractivity contribution is 5.71. The summed E-state index contributed by atoms with van der Waals surface area (Å²) in [5.41, 5.74) is 0. The second kappa shape index (κ2) is 49.6. The summed E-state index contributed by atoms with van der Waals surface area (Å²) >= 11 is 0. The van der Waals surface area contributed by atoms with E-state index in [1.807, 2.05) is 33.3 Å². The van der Waals surface area contributed by atoms with Crippen molar-refractivity contribution in [1.82, 2.24) is 0 Å². The van der Waals surface area contributed by atoms with Crippen LogP contribution in [0.3, 0.4) is 0 Å². The molecular weight excluding hydrogens is 863 g/mol. The van der Waals surface area contributed by atoms with Crippen molar-refractivity contribution in [2.45, 2.75) is 167 Å². The molecule has 9 nitrogen and oxygen atoms in total. The zero-order valence-corrected chi connectivity index (χ0v) is 43.6. The number of hydrogen-bond acceptors (Lipinski definition) is 7. The molecule has 9 heteroatoms. The lowest BCUT2D eigenvalue weighted by molar-refractivity contribution is -0.870. The molecule has 69 heavy (non-hydrogen) atoms. The lowest BCUT2D eigenvalue weighted by Gasteiger charge is -2.25. The quantitative estimate of drug-likeness (QED) is 0.0211. The average molecular weight is 957 g/mol. The molecule has 0 amide bonds. The molecule has 386 valence electrons. The number of hydrogen-bond donors (Lipinski definition) is 1. The number of carboxylic acid groups (broad SMARTS) is 1. The van der Waals surface area contributed by atoms with E-state index in [0.29, 0.717) is 23.9 Å². The SMILES string of the molecule is CC/C=C\C/C=C\C/C=C\C/C=C\C/C=C\C/C=C\C/C=C\C/C=C\CCCCCCCCC(=O)OC(COC(=O)CC/C=C\C/C=C\C/C=C\C/C=C\CC)COC(OCC[N+](C)(C)C)C(=O)O. The van der Waals surface area contributed by atoms with Crippen LogP contribution < -0.4 is 0 Å². The third-order valence-electron chi connectivity index (χ3n) is 10.1. The number of unbranched alkanes of at least 4 members (excludes halogenated alkanes) is 6. The van der Waals surface area contributed by atoms with E-state index in [1.54, 1.807) is 0 Å². The number of carbonyl (C=O) groups is 3. The highest BCUT2D eigenvalue weighted by atomic mass is 16.7. The van der Waals surface area contributed by atoms with Gasteiger partial charge in [0.25, 0.3) is 6.29 Å². The lowest BCUT2D eigenvalue weighted by atomic mass is 10.1. The maximum atomic E-state index is 12.8. The fourth-order valence-corrected chi connectivity index (χ4v) is 6.16. The topological polar surface area (TPSA) is 108 Å². The van der Waals surface area contributed by atoms with Crippen molar-refractivity contribution in [3.63, 3.8) is 0 Å². The van der Waals surface area contributed by atoms with Crippen molar-refractivity contribution in [2.75, 3.05) is 47.5 Å². The van der Waals surface area contributed by atoms with E-state index in [2.05, 4.69) is 148 Å². The number of esters is 2. The molecule has 0 aliphatic heterocycles. The summed E-state index contributed by atoms with van der Waals surface area (Å²) in [5, 5.41) is 9.66. The van der Waals surface area contributed by atoms with Crippen LogP contribution in [0.4, 0.5) is 0 Å².